The lowest BCUT2D eigenvalue weighted by Crippen LogP contribution is -2.56. The Kier molecular flexibility index (Phi) is 6.23. The SMILES string of the molecule is COCc1ccnc(NC(=O)N2CCN(C3CCCN(C)C3)CC2)c1. The van der Waals surface area contributed by atoms with E-state index < -0.39 is 0 Å². The number of likely N-dealkylation sites (N-methyl/N-ethyl adjacent to an activating group) is 1. The van der Waals surface area contributed by atoms with Crippen LogP contribution in [0.3, 0.4) is 0 Å². The quantitative estimate of drug-likeness (QED) is 0.894. The lowest BCUT2D eigenvalue weighted by atomic mass is 10.0. The van der Waals surface area contributed by atoms with Crippen LogP contribution in [0.5, 0.6) is 0 Å². The van der Waals surface area contributed by atoms with E-state index in [1.807, 2.05) is 17.0 Å². The molecule has 2 aliphatic rings. The molecule has 2 saturated heterocycles. The van der Waals surface area contributed by atoms with Crippen LogP contribution in [0.4, 0.5) is 10.6 Å². The number of piperidine rings is 1. The minimum atomic E-state index is -0.0671. The van der Waals surface area contributed by atoms with Crippen molar-refractivity contribution < 1.29 is 9.53 Å². The highest BCUT2D eigenvalue weighted by molar-refractivity contribution is 5.88. The van der Waals surface area contributed by atoms with Gasteiger partial charge in [0.05, 0.1) is 6.61 Å². The first-order valence-electron chi connectivity index (χ1n) is 9.08. The maximum Gasteiger partial charge on any atom is 0.323 e. The van der Waals surface area contributed by atoms with Crippen LogP contribution in [0.15, 0.2) is 18.3 Å². The molecule has 0 saturated carbocycles. The summed E-state index contributed by atoms with van der Waals surface area (Å²) in [4.78, 5) is 23.5. The largest absolute Gasteiger partial charge is 0.380 e. The summed E-state index contributed by atoms with van der Waals surface area (Å²) < 4.78 is 5.12. The maximum absolute atomic E-state index is 12.5. The van der Waals surface area contributed by atoms with Gasteiger partial charge in [-0.25, -0.2) is 9.78 Å². The third kappa shape index (κ3) is 4.90. The predicted molar refractivity (Wildman–Crippen MR) is 97.6 cm³/mol. The van der Waals surface area contributed by atoms with Gasteiger partial charge in [-0.3, -0.25) is 10.2 Å². The average molecular weight is 347 g/mol. The van der Waals surface area contributed by atoms with E-state index in [4.69, 9.17) is 4.74 Å². The zero-order valence-electron chi connectivity index (χ0n) is 15.3. The average Bonchev–Trinajstić information content (AvgIpc) is 2.62. The van der Waals surface area contributed by atoms with Gasteiger partial charge < -0.3 is 14.5 Å². The Morgan fingerprint density at radius 2 is 2.12 bits per heavy atom. The van der Waals surface area contributed by atoms with Crippen molar-refractivity contribution in [3.63, 3.8) is 0 Å². The van der Waals surface area contributed by atoms with E-state index in [0.717, 1.165) is 38.3 Å². The zero-order chi connectivity index (χ0) is 17.6. The second-order valence-corrected chi connectivity index (χ2v) is 6.99. The first-order chi connectivity index (χ1) is 12.2. The fraction of sp³-hybridized carbons (Fsp3) is 0.667. The van der Waals surface area contributed by atoms with Gasteiger partial charge in [-0.15, -0.1) is 0 Å². The van der Waals surface area contributed by atoms with E-state index in [1.54, 1.807) is 13.3 Å². The lowest BCUT2D eigenvalue weighted by Gasteiger charge is -2.42. The van der Waals surface area contributed by atoms with Gasteiger partial charge >= 0.3 is 6.03 Å². The molecule has 1 unspecified atom stereocenters. The van der Waals surface area contributed by atoms with Crippen molar-refractivity contribution in [2.45, 2.75) is 25.5 Å². The predicted octanol–water partition coefficient (Wildman–Crippen LogP) is 1.47. The van der Waals surface area contributed by atoms with E-state index >= 15 is 0 Å². The molecule has 138 valence electrons. The van der Waals surface area contributed by atoms with Gasteiger partial charge in [0.2, 0.25) is 0 Å². The molecule has 2 fully saturated rings. The summed E-state index contributed by atoms with van der Waals surface area (Å²) in [6.07, 6.45) is 4.24. The van der Waals surface area contributed by atoms with Crippen LogP contribution in [0.1, 0.15) is 18.4 Å². The number of piperazine rings is 1. The molecule has 1 atom stereocenters. The van der Waals surface area contributed by atoms with Crippen molar-refractivity contribution in [1.82, 2.24) is 19.7 Å². The number of amides is 2. The van der Waals surface area contributed by atoms with Crippen molar-refractivity contribution >= 4 is 11.8 Å². The van der Waals surface area contributed by atoms with E-state index in [9.17, 15) is 4.79 Å². The van der Waals surface area contributed by atoms with Crippen molar-refractivity contribution in [2.24, 2.45) is 0 Å². The zero-order valence-corrected chi connectivity index (χ0v) is 15.3. The fourth-order valence-electron chi connectivity index (χ4n) is 3.72. The van der Waals surface area contributed by atoms with Crippen molar-refractivity contribution in [2.75, 3.05) is 58.7 Å². The summed E-state index contributed by atoms with van der Waals surface area (Å²) in [6, 6.07) is 4.31. The van der Waals surface area contributed by atoms with E-state index in [0.29, 0.717) is 18.5 Å². The van der Waals surface area contributed by atoms with Crippen LogP contribution < -0.4 is 5.32 Å². The van der Waals surface area contributed by atoms with Crippen LogP contribution in [0, 0.1) is 0 Å². The molecular weight excluding hydrogens is 318 g/mol. The lowest BCUT2D eigenvalue weighted by molar-refractivity contribution is 0.0717. The molecule has 3 rings (SSSR count). The number of carbonyl (C=O) groups excluding carboxylic acids is 1. The highest BCUT2D eigenvalue weighted by Gasteiger charge is 2.28. The van der Waals surface area contributed by atoms with Crippen molar-refractivity contribution in [3.8, 4) is 0 Å². The number of nitrogens with zero attached hydrogens (tertiary/aromatic N) is 4. The number of aromatic nitrogens is 1. The van der Waals surface area contributed by atoms with Gasteiger partial charge in [-0.05, 0) is 44.1 Å². The number of nitrogens with one attached hydrogen (secondary N) is 1. The third-order valence-electron chi connectivity index (χ3n) is 5.09. The molecular formula is C18H29N5O2. The van der Waals surface area contributed by atoms with Gasteiger partial charge in [-0.2, -0.15) is 0 Å². The monoisotopic (exact) mass is 347 g/mol. The Morgan fingerprint density at radius 3 is 2.84 bits per heavy atom. The van der Waals surface area contributed by atoms with E-state index in [2.05, 4.69) is 27.1 Å². The maximum atomic E-state index is 12.5. The first-order valence-corrected chi connectivity index (χ1v) is 9.08. The molecule has 1 aromatic rings. The number of rotatable bonds is 4. The summed E-state index contributed by atoms with van der Waals surface area (Å²) in [5.41, 5.74) is 0.999. The van der Waals surface area contributed by atoms with Gasteiger partial charge in [0.1, 0.15) is 5.82 Å². The van der Waals surface area contributed by atoms with E-state index in [-0.39, 0.29) is 6.03 Å². The minimum Gasteiger partial charge on any atom is -0.380 e. The summed E-state index contributed by atoms with van der Waals surface area (Å²) in [7, 11) is 3.85. The molecule has 2 amide bonds. The molecule has 3 heterocycles. The Labute approximate surface area is 149 Å². The number of ether oxygens (including phenoxy) is 1. The van der Waals surface area contributed by atoms with Gasteiger partial charge in [0.25, 0.3) is 0 Å². The van der Waals surface area contributed by atoms with Crippen molar-refractivity contribution in [1.29, 1.82) is 0 Å². The van der Waals surface area contributed by atoms with Crippen LogP contribution in [0.25, 0.3) is 0 Å². The molecule has 7 nitrogen and oxygen atoms in total. The van der Waals surface area contributed by atoms with Gasteiger partial charge in [0, 0.05) is 52.1 Å². The Bertz CT molecular complexity index is 574. The standard InChI is InChI=1S/C18H29N5O2/c1-21-7-3-4-16(13-21)22-8-10-23(11-9-22)18(24)20-17-12-15(14-25-2)5-6-19-17/h5-6,12,16H,3-4,7-11,13-14H2,1-2H3,(H,19,20,24). The Morgan fingerprint density at radius 1 is 1.32 bits per heavy atom. The number of anilines is 1. The Hall–Kier alpha value is -1.70. The highest BCUT2D eigenvalue weighted by Crippen LogP contribution is 2.17. The number of hydrogen-bond acceptors (Lipinski definition) is 5. The molecule has 2 aliphatic heterocycles. The molecule has 7 heteroatoms. The number of likely N-dealkylation sites (tertiary alicyclic amines) is 1. The molecule has 25 heavy (non-hydrogen) atoms. The summed E-state index contributed by atoms with van der Waals surface area (Å²) in [5, 5.41) is 2.91. The van der Waals surface area contributed by atoms with Gasteiger partial charge in [0.15, 0.2) is 0 Å². The van der Waals surface area contributed by atoms with Crippen LogP contribution >= 0.6 is 0 Å². The van der Waals surface area contributed by atoms with Crippen molar-refractivity contribution in [3.05, 3.63) is 23.9 Å². The number of methoxy groups -OCH3 is 1. The second-order valence-electron chi connectivity index (χ2n) is 6.99. The number of carbonyl (C=O) groups is 1. The minimum absolute atomic E-state index is 0.0671. The fourth-order valence-corrected chi connectivity index (χ4v) is 3.72. The topological polar surface area (TPSA) is 60.9 Å². The number of hydrogen-bond donors (Lipinski definition) is 1. The third-order valence-corrected chi connectivity index (χ3v) is 5.09. The molecule has 0 spiro atoms. The normalized spacial score (nSPS) is 22.8. The number of pyridine rings is 1. The molecule has 1 N–H and O–H groups in total. The summed E-state index contributed by atoms with van der Waals surface area (Å²) >= 11 is 0. The smallest absolute Gasteiger partial charge is 0.323 e. The van der Waals surface area contributed by atoms with Crippen LogP contribution in [0.2, 0.25) is 0 Å². The molecule has 0 radical (unpaired) electrons. The second kappa shape index (κ2) is 8.60. The van der Waals surface area contributed by atoms with Crippen LogP contribution in [-0.4, -0.2) is 85.2 Å². The molecule has 0 aromatic carbocycles. The molecule has 1 aromatic heterocycles. The summed E-state index contributed by atoms with van der Waals surface area (Å²) in [6.45, 7) is 6.29. The Balaban J connectivity index is 1.49. The number of urea groups is 1. The first kappa shape index (κ1) is 18.1. The van der Waals surface area contributed by atoms with Gasteiger partial charge in [-0.1, -0.05) is 0 Å². The molecule has 0 aliphatic carbocycles. The van der Waals surface area contributed by atoms with E-state index in [1.165, 1.54) is 19.4 Å². The van der Waals surface area contributed by atoms with Crippen LogP contribution in [-0.2, 0) is 11.3 Å². The summed E-state index contributed by atoms with van der Waals surface area (Å²) in [5.74, 6) is 0.580. The molecule has 0 bridgehead atoms. The highest BCUT2D eigenvalue weighted by atomic mass is 16.5.